The molecule has 0 spiro atoms. The molecule has 3 nitrogen and oxygen atoms in total. The molecule has 3 unspecified atom stereocenters. The van der Waals surface area contributed by atoms with E-state index in [4.69, 9.17) is 10.5 Å². The normalized spacial score (nSPS) is 30.2. The summed E-state index contributed by atoms with van der Waals surface area (Å²) in [5.74, 6) is 0. The van der Waals surface area contributed by atoms with E-state index in [1.807, 2.05) is 0 Å². The van der Waals surface area contributed by atoms with Crippen molar-refractivity contribution in [1.82, 2.24) is 5.32 Å². The smallest absolute Gasteiger partial charge is 0.0615 e. The molecule has 1 aliphatic carbocycles. The van der Waals surface area contributed by atoms with Gasteiger partial charge < -0.3 is 15.8 Å². The molecular formula is C11H24N2O. The molecule has 1 fully saturated rings. The summed E-state index contributed by atoms with van der Waals surface area (Å²) in [6, 6.07) is 1.51. The summed E-state index contributed by atoms with van der Waals surface area (Å²) < 4.78 is 5.17. The van der Waals surface area contributed by atoms with Crippen LogP contribution in [0.3, 0.4) is 0 Å². The van der Waals surface area contributed by atoms with E-state index in [0.29, 0.717) is 18.1 Å². The molecule has 1 aliphatic rings. The van der Waals surface area contributed by atoms with Gasteiger partial charge in [0.1, 0.15) is 0 Å². The minimum absolute atomic E-state index is 0.404. The first kappa shape index (κ1) is 12.0. The highest BCUT2D eigenvalue weighted by molar-refractivity contribution is 4.82. The second kappa shape index (κ2) is 6.38. The molecule has 1 saturated carbocycles. The molecule has 1 rings (SSSR count). The fraction of sp³-hybridized carbons (Fsp3) is 1.00. The third kappa shape index (κ3) is 3.95. The second-order valence-electron chi connectivity index (χ2n) is 4.35. The van der Waals surface area contributed by atoms with E-state index in [0.717, 1.165) is 19.4 Å². The Bertz CT molecular complexity index is 152. The van der Waals surface area contributed by atoms with Crippen molar-refractivity contribution in [2.45, 2.75) is 57.2 Å². The van der Waals surface area contributed by atoms with Crippen molar-refractivity contribution in [3.05, 3.63) is 0 Å². The minimum Gasteiger partial charge on any atom is -0.383 e. The van der Waals surface area contributed by atoms with E-state index in [1.54, 1.807) is 7.11 Å². The van der Waals surface area contributed by atoms with E-state index in [1.165, 1.54) is 19.3 Å². The molecule has 3 atom stereocenters. The van der Waals surface area contributed by atoms with Crippen LogP contribution in [0.15, 0.2) is 0 Å². The third-order valence-corrected chi connectivity index (χ3v) is 3.05. The lowest BCUT2D eigenvalue weighted by atomic mass is 9.91. The Morgan fingerprint density at radius 2 is 2.29 bits per heavy atom. The Hall–Kier alpha value is -0.120. The molecule has 0 radical (unpaired) electrons. The van der Waals surface area contributed by atoms with Gasteiger partial charge in [-0.05, 0) is 25.7 Å². The Morgan fingerprint density at radius 1 is 1.50 bits per heavy atom. The Labute approximate surface area is 87.4 Å². The van der Waals surface area contributed by atoms with Crippen molar-refractivity contribution in [2.24, 2.45) is 5.73 Å². The fourth-order valence-corrected chi connectivity index (χ4v) is 2.20. The summed E-state index contributed by atoms with van der Waals surface area (Å²) in [5, 5.41) is 3.63. The zero-order valence-electron chi connectivity index (χ0n) is 9.46. The first-order chi connectivity index (χ1) is 6.76. The molecular weight excluding hydrogens is 176 g/mol. The van der Waals surface area contributed by atoms with Crippen molar-refractivity contribution in [1.29, 1.82) is 0 Å². The fourth-order valence-electron chi connectivity index (χ4n) is 2.20. The molecule has 0 aromatic carbocycles. The van der Waals surface area contributed by atoms with Gasteiger partial charge in [-0.25, -0.2) is 0 Å². The van der Waals surface area contributed by atoms with Crippen molar-refractivity contribution < 1.29 is 4.74 Å². The van der Waals surface area contributed by atoms with E-state index < -0.39 is 0 Å². The maximum atomic E-state index is 5.95. The van der Waals surface area contributed by atoms with Crippen LogP contribution >= 0.6 is 0 Å². The number of nitrogens with two attached hydrogens (primary N) is 1. The molecule has 0 bridgehead atoms. The van der Waals surface area contributed by atoms with E-state index in [9.17, 15) is 0 Å². The maximum absolute atomic E-state index is 5.95. The van der Waals surface area contributed by atoms with Gasteiger partial charge in [-0.3, -0.25) is 0 Å². The first-order valence-electron chi connectivity index (χ1n) is 5.76. The van der Waals surface area contributed by atoms with Gasteiger partial charge in [-0.15, -0.1) is 0 Å². The highest BCUT2D eigenvalue weighted by Crippen LogP contribution is 2.17. The quantitative estimate of drug-likeness (QED) is 0.702. The minimum atomic E-state index is 0.404. The van der Waals surface area contributed by atoms with E-state index in [2.05, 4.69) is 12.2 Å². The van der Waals surface area contributed by atoms with Gasteiger partial charge in [0.05, 0.1) is 6.61 Å². The summed E-state index contributed by atoms with van der Waals surface area (Å²) >= 11 is 0. The van der Waals surface area contributed by atoms with Crippen LogP contribution in [-0.2, 0) is 4.74 Å². The molecule has 0 aromatic rings. The predicted octanol–water partition coefficient (Wildman–Crippen LogP) is 1.27. The number of nitrogens with one attached hydrogen (secondary N) is 1. The summed E-state index contributed by atoms with van der Waals surface area (Å²) in [6.45, 7) is 3.00. The van der Waals surface area contributed by atoms with Gasteiger partial charge in [0, 0.05) is 25.2 Å². The summed E-state index contributed by atoms with van der Waals surface area (Å²) in [7, 11) is 1.76. The largest absolute Gasteiger partial charge is 0.383 e. The third-order valence-electron chi connectivity index (χ3n) is 3.05. The van der Waals surface area contributed by atoms with Crippen LogP contribution in [0.5, 0.6) is 0 Å². The molecule has 0 heterocycles. The number of ether oxygens (including phenoxy) is 1. The number of rotatable bonds is 5. The highest BCUT2D eigenvalue weighted by Gasteiger charge is 2.20. The van der Waals surface area contributed by atoms with Crippen LogP contribution in [0.1, 0.15) is 39.0 Å². The van der Waals surface area contributed by atoms with Crippen LogP contribution in [0, 0.1) is 0 Å². The summed E-state index contributed by atoms with van der Waals surface area (Å²) in [5.41, 5.74) is 5.95. The molecule has 0 saturated heterocycles. The van der Waals surface area contributed by atoms with Crippen molar-refractivity contribution in [2.75, 3.05) is 13.7 Å². The molecule has 0 aliphatic heterocycles. The molecule has 14 heavy (non-hydrogen) atoms. The van der Waals surface area contributed by atoms with Gasteiger partial charge >= 0.3 is 0 Å². The van der Waals surface area contributed by atoms with Crippen molar-refractivity contribution in [3.63, 3.8) is 0 Å². The topological polar surface area (TPSA) is 47.3 Å². The summed E-state index contributed by atoms with van der Waals surface area (Å²) in [4.78, 5) is 0. The van der Waals surface area contributed by atoms with Crippen LogP contribution in [0.25, 0.3) is 0 Å². The zero-order valence-corrected chi connectivity index (χ0v) is 9.46. The van der Waals surface area contributed by atoms with Crippen molar-refractivity contribution in [3.8, 4) is 0 Å². The Morgan fingerprint density at radius 3 is 2.86 bits per heavy atom. The highest BCUT2D eigenvalue weighted by atomic mass is 16.5. The van der Waals surface area contributed by atoms with Gasteiger partial charge in [0.25, 0.3) is 0 Å². The maximum Gasteiger partial charge on any atom is 0.0615 e. The average molecular weight is 200 g/mol. The Balaban J connectivity index is 2.26. The molecule has 84 valence electrons. The zero-order chi connectivity index (χ0) is 10.4. The van der Waals surface area contributed by atoms with Crippen LogP contribution < -0.4 is 11.1 Å². The van der Waals surface area contributed by atoms with Crippen LogP contribution in [-0.4, -0.2) is 31.8 Å². The average Bonchev–Trinajstić information content (AvgIpc) is 2.17. The number of hydrogen-bond donors (Lipinski definition) is 2. The monoisotopic (exact) mass is 200 g/mol. The lowest BCUT2D eigenvalue weighted by Gasteiger charge is -2.30. The first-order valence-corrected chi connectivity index (χ1v) is 5.76. The Kier molecular flexibility index (Phi) is 5.45. The van der Waals surface area contributed by atoms with E-state index >= 15 is 0 Å². The van der Waals surface area contributed by atoms with E-state index in [-0.39, 0.29) is 0 Å². The van der Waals surface area contributed by atoms with Crippen molar-refractivity contribution >= 4 is 0 Å². The van der Waals surface area contributed by atoms with Gasteiger partial charge in [-0.1, -0.05) is 13.3 Å². The molecule has 0 aromatic heterocycles. The van der Waals surface area contributed by atoms with Gasteiger partial charge in [0.2, 0.25) is 0 Å². The van der Waals surface area contributed by atoms with Gasteiger partial charge in [-0.2, -0.15) is 0 Å². The predicted molar refractivity (Wildman–Crippen MR) is 59.3 cm³/mol. The molecule has 3 N–H and O–H groups in total. The SMILES string of the molecule is CCC(COC)NC1CCCC(N)C1. The molecule has 3 heteroatoms. The lowest BCUT2D eigenvalue weighted by Crippen LogP contribution is -2.45. The van der Waals surface area contributed by atoms with Crippen LogP contribution in [0.2, 0.25) is 0 Å². The standard InChI is InChI=1S/C11H24N2O/c1-3-10(8-14-2)13-11-6-4-5-9(12)7-11/h9-11,13H,3-8,12H2,1-2H3. The number of methoxy groups -OCH3 is 1. The van der Waals surface area contributed by atoms with Gasteiger partial charge in [0.15, 0.2) is 0 Å². The number of hydrogen-bond acceptors (Lipinski definition) is 3. The summed E-state index contributed by atoms with van der Waals surface area (Å²) in [6.07, 6.45) is 5.98. The van der Waals surface area contributed by atoms with Crippen LogP contribution in [0.4, 0.5) is 0 Å². The lowest BCUT2D eigenvalue weighted by molar-refractivity contribution is 0.152. The molecule has 0 amide bonds. The second-order valence-corrected chi connectivity index (χ2v) is 4.35.